The Morgan fingerprint density at radius 2 is 2.25 bits per heavy atom. The van der Waals surface area contributed by atoms with E-state index in [1.165, 1.54) is 0 Å². The van der Waals surface area contributed by atoms with E-state index in [2.05, 4.69) is 0 Å². The van der Waals surface area contributed by atoms with E-state index in [1.54, 1.807) is 11.3 Å². The Kier molecular flexibility index (Phi) is 3.53. The molecule has 4 heteroatoms. The Labute approximate surface area is 128 Å². The maximum Gasteiger partial charge on any atom is 0.126 e. The van der Waals surface area contributed by atoms with Gasteiger partial charge < -0.3 is 9.84 Å². The van der Waals surface area contributed by atoms with Gasteiger partial charge in [0.25, 0.3) is 0 Å². The molecular formula is C16H17ClO2S. The minimum absolute atomic E-state index is 0.511. The first-order valence-corrected chi connectivity index (χ1v) is 7.94. The largest absolute Gasteiger partial charge is 0.493 e. The number of rotatable bonds is 3. The molecule has 3 rings (SSSR count). The number of aryl methyl sites for hydroxylation is 1. The van der Waals surface area contributed by atoms with Gasteiger partial charge in [0.2, 0.25) is 0 Å². The second-order valence-corrected chi connectivity index (χ2v) is 6.89. The Morgan fingerprint density at radius 3 is 2.95 bits per heavy atom. The van der Waals surface area contributed by atoms with Gasteiger partial charge in [0, 0.05) is 22.7 Å². The monoisotopic (exact) mass is 308 g/mol. The van der Waals surface area contributed by atoms with E-state index < -0.39 is 5.60 Å². The van der Waals surface area contributed by atoms with Crippen LogP contribution in [0.15, 0.2) is 23.6 Å². The number of thiophene rings is 1. The molecule has 1 aliphatic rings. The third-order valence-electron chi connectivity index (χ3n) is 3.71. The molecule has 0 bridgehead atoms. The lowest BCUT2D eigenvalue weighted by Gasteiger charge is -2.24. The minimum Gasteiger partial charge on any atom is -0.493 e. The van der Waals surface area contributed by atoms with Gasteiger partial charge in [0.05, 0.1) is 6.61 Å². The van der Waals surface area contributed by atoms with Gasteiger partial charge in [-0.3, -0.25) is 0 Å². The Balaban J connectivity index is 1.98. The van der Waals surface area contributed by atoms with Gasteiger partial charge in [-0.25, -0.2) is 0 Å². The van der Waals surface area contributed by atoms with E-state index in [9.17, 15) is 5.11 Å². The highest BCUT2D eigenvalue weighted by molar-refractivity contribution is 7.10. The average molecular weight is 309 g/mol. The third-order valence-corrected chi connectivity index (χ3v) is 5.20. The summed E-state index contributed by atoms with van der Waals surface area (Å²) in [6, 6.07) is 5.90. The maximum atomic E-state index is 10.8. The van der Waals surface area contributed by atoms with Crippen molar-refractivity contribution in [3.8, 4) is 5.75 Å². The Morgan fingerprint density at radius 1 is 1.45 bits per heavy atom. The molecule has 0 fully saturated rings. The van der Waals surface area contributed by atoms with Crippen LogP contribution < -0.4 is 4.74 Å². The van der Waals surface area contributed by atoms with E-state index in [0.29, 0.717) is 18.1 Å². The zero-order chi connectivity index (χ0) is 14.3. The fraction of sp³-hybridized carbons (Fsp3) is 0.375. The topological polar surface area (TPSA) is 29.5 Å². The molecule has 1 unspecified atom stereocenters. The van der Waals surface area contributed by atoms with Crippen molar-refractivity contribution in [3.63, 3.8) is 0 Å². The standard InChI is InChI=1S/C16H17ClO2S/c1-10-4-6-20-15(10)16(2,18)9-12-8-13(17)7-11-3-5-19-14(11)12/h4,6-8,18H,3,5,9H2,1-2H3. The number of hydrogen-bond donors (Lipinski definition) is 1. The van der Waals surface area contributed by atoms with Crippen molar-refractivity contribution in [2.75, 3.05) is 6.61 Å². The van der Waals surface area contributed by atoms with Crippen molar-refractivity contribution in [1.29, 1.82) is 0 Å². The molecule has 2 heterocycles. The molecule has 20 heavy (non-hydrogen) atoms. The van der Waals surface area contributed by atoms with Crippen molar-refractivity contribution in [2.45, 2.75) is 32.3 Å². The van der Waals surface area contributed by atoms with E-state index in [4.69, 9.17) is 16.3 Å². The van der Waals surface area contributed by atoms with Gasteiger partial charge in [-0.2, -0.15) is 0 Å². The summed E-state index contributed by atoms with van der Waals surface area (Å²) in [6.07, 6.45) is 1.40. The molecule has 1 aromatic heterocycles. The molecule has 2 nitrogen and oxygen atoms in total. The number of benzene rings is 1. The number of halogens is 1. The quantitative estimate of drug-likeness (QED) is 0.925. The predicted octanol–water partition coefficient (Wildman–Crippen LogP) is 4.10. The molecule has 0 saturated heterocycles. The first-order valence-electron chi connectivity index (χ1n) is 6.68. The predicted molar refractivity (Wildman–Crippen MR) is 83.0 cm³/mol. The molecule has 0 radical (unpaired) electrons. The van der Waals surface area contributed by atoms with Crippen molar-refractivity contribution in [2.24, 2.45) is 0 Å². The summed E-state index contributed by atoms with van der Waals surface area (Å²) in [4.78, 5) is 1.00. The fourth-order valence-electron chi connectivity index (χ4n) is 2.85. The van der Waals surface area contributed by atoms with Crippen molar-refractivity contribution in [1.82, 2.24) is 0 Å². The van der Waals surface area contributed by atoms with Crippen molar-refractivity contribution in [3.05, 3.63) is 50.2 Å². The summed E-state index contributed by atoms with van der Waals surface area (Å²) in [5, 5.41) is 13.6. The molecule has 0 spiro atoms. The summed E-state index contributed by atoms with van der Waals surface area (Å²) in [6.45, 7) is 4.58. The maximum absolute atomic E-state index is 10.8. The second-order valence-electron chi connectivity index (χ2n) is 5.53. The van der Waals surface area contributed by atoms with E-state index in [-0.39, 0.29) is 0 Å². The van der Waals surface area contributed by atoms with Gasteiger partial charge in [0.1, 0.15) is 11.4 Å². The summed E-state index contributed by atoms with van der Waals surface area (Å²) in [5.41, 5.74) is 2.36. The Hall–Kier alpha value is -1.03. The number of aliphatic hydroxyl groups is 1. The normalized spacial score (nSPS) is 16.6. The molecule has 1 atom stereocenters. The lowest BCUT2D eigenvalue weighted by Crippen LogP contribution is -2.24. The molecule has 0 aliphatic carbocycles. The van der Waals surface area contributed by atoms with Crippen LogP contribution in [0.25, 0.3) is 0 Å². The van der Waals surface area contributed by atoms with Gasteiger partial charge in [-0.05, 0) is 54.1 Å². The lowest BCUT2D eigenvalue weighted by molar-refractivity contribution is 0.0602. The number of hydrogen-bond acceptors (Lipinski definition) is 3. The highest BCUT2D eigenvalue weighted by Crippen LogP contribution is 2.38. The Bertz CT molecular complexity index is 646. The first kappa shape index (κ1) is 13.9. The highest BCUT2D eigenvalue weighted by atomic mass is 35.5. The first-order chi connectivity index (χ1) is 9.47. The number of ether oxygens (including phenoxy) is 1. The van der Waals surface area contributed by atoms with Crippen LogP contribution in [0.2, 0.25) is 5.02 Å². The van der Waals surface area contributed by atoms with Gasteiger partial charge >= 0.3 is 0 Å². The summed E-state index contributed by atoms with van der Waals surface area (Å²) in [5.74, 6) is 0.906. The third kappa shape index (κ3) is 2.46. The molecular weight excluding hydrogens is 292 g/mol. The van der Waals surface area contributed by atoms with Crippen LogP contribution in [-0.4, -0.2) is 11.7 Å². The average Bonchev–Trinajstić information content (AvgIpc) is 2.96. The minimum atomic E-state index is -0.900. The molecule has 0 amide bonds. The van der Waals surface area contributed by atoms with Gasteiger partial charge in [-0.1, -0.05) is 11.6 Å². The molecule has 0 saturated carbocycles. The second kappa shape index (κ2) is 5.06. The van der Waals surface area contributed by atoms with Crippen LogP contribution in [0.5, 0.6) is 5.75 Å². The molecule has 1 N–H and O–H groups in total. The number of fused-ring (bicyclic) bond motifs is 1. The molecule has 2 aromatic rings. The molecule has 1 aliphatic heterocycles. The van der Waals surface area contributed by atoms with Crippen LogP contribution in [0.1, 0.15) is 28.5 Å². The van der Waals surface area contributed by atoms with Crippen LogP contribution in [-0.2, 0) is 18.4 Å². The fourth-order valence-corrected chi connectivity index (χ4v) is 4.10. The van der Waals surface area contributed by atoms with Crippen LogP contribution >= 0.6 is 22.9 Å². The SMILES string of the molecule is Cc1ccsc1C(C)(O)Cc1cc(Cl)cc2c1OCC2. The summed E-state index contributed by atoms with van der Waals surface area (Å²) >= 11 is 7.77. The zero-order valence-corrected chi connectivity index (χ0v) is 13.1. The smallest absolute Gasteiger partial charge is 0.126 e. The van der Waals surface area contributed by atoms with E-state index >= 15 is 0 Å². The van der Waals surface area contributed by atoms with Crippen LogP contribution in [0, 0.1) is 6.92 Å². The highest BCUT2D eigenvalue weighted by Gasteiger charge is 2.29. The van der Waals surface area contributed by atoms with E-state index in [0.717, 1.165) is 33.7 Å². The van der Waals surface area contributed by atoms with Crippen LogP contribution in [0.4, 0.5) is 0 Å². The lowest BCUT2D eigenvalue weighted by atomic mass is 9.91. The molecule has 106 valence electrons. The van der Waals surface area contributed by atoms with Gasteiger partial charge in [-0.15, -0.1) is 11.3 Å². The van der Waals surface area contributed by atoms with Crippen molar-refractivity contribution >= 4 is 22.9 Å². The summed E-state index contributed by atoms with van der Waals surface area (Å²) in [7, 11) is 0. The van der Waals surface area contributed by atoms with Crippen LogP contribution in [0.3, 0.4) is 0 Å². The van der Waals surface area contributed by atoms with Crippen molar-refractivity contribution < 1.29 is 9.84 Å². The van der Waals surface area contributed by atoms with E-state index in [1.807, 2.05) is 37.4 Å². The van der Waals surface area contributed by atoms with Gasteiger partial charge in [0.15, 0.2) is 0 Å². The zero-order valence-electron chi connectivity index (χ0n) is 11.6. The summed E-state index contributed by atoms with van der Waals surface area (Å²) < 4.78 is 5.71. The molecule has 1 aromatic carbocycles.